The second kappa shape index (κ2) is 5.43. The Morgan fingerprint density at radius 1 is 1.26 bits per heavy atom. The summed E-state index contributed by atoms with van der Waals surface area (Å²) in [4.78, 5) is 10.7. The van der Waals surface area contributed by atoms with Gasteiger partial charge < -0.3 is 10.4 Å². The van der Waals surface area contributed by atoms with Gasteiger partial charge in [-0.3, -0.25) is 4.79 Å². The summed E-state index contributed by atoms with van der Waals surface area (Å²) in [5, 5.41) is 19.1. The van der Waals surface area contributed by atoms with Crippen molar-refractivity contribution in [2.75, 3.05) is 5.32 Å². The first-order valence-corrected chi connectivity index (χ1v) is 5.66. The Kier molecular flexibility index (Phi) is 3.70. The van der Waals surface area contributed by atoms with Gasteiger partial charge in [0, 0.05) is 5.56 Å². The van der Waals surface area contributed by atoms with Crippen LogP contribution in [0.4, 0.5) is 10.2 Å². The topological polar surface area (TPSA) is 75.1 Å². The molecule has 1 aromatic carbocycles. The van der Waals surface area contributed by atoms with Crippen LogP contribution in [0, 0.1) is 5.82 Å². The van der Waals surface area contributed by atoms with Crippen LogP contribution in [0.5, 0.6) is 0 Å². The van der Waals surface area contributed by atoms with Crippen molar-refractivity contribution in [2.45, 2.75) is 13.0 Å². The number of aliphatic carboxylic acids is 1. The minimum absolute atomic E-state index is 0.329. The Hall–Kier alpha value is -2.50. The highest BCUT2D eigenvalue weighted by Gasteiger charge is 2.11. The summed E-state index contributed by atoms with van der Waals surface area (Å²) >= 11 is 0. The standard InChI is InChI=1S/C13H12FN3O2/c1-8(13(18)19)15-12-7-6-11(16-17-12)9-4-2-3-5-10(9)14/h2-8H,1H3,(H,15,17)(H,18,19). The number of halogens is 1. The number of anilines is 1. The smallest absolute Gasteiger partial charge is 0.325 e. The van der Waals surface area contributed by atoms with Crippen LogP contribution in [0.25, 0.3) is 11.3 Å². The van der Waals surface area contributed by atoms with Gasteiger partial charge >= 0.3 is 5.97 Å². The maximum absolute atomic E-state index is 13.5. The molecule has 19 heavy (non-hydrogen) atoms. The van der Waals surface area contributed by atoms with Crippen LogP contribution in [-0.2, 0) is 4.79 Å². The van der Waals surface area contributed by atoms with Gasteiger partial charge in [-0.2, -0.15) is 0 Å². The highest BCUT2D eigenvalue weighted by molar-refractivity contribution is 5.76. The molecule has 0 aliphatic heterocycles. The minimum atomic E-state index is -0.986. The molecule has 1 heterocycles. The van der Waals surface area contributed by atoms with Crippen molar-refractivity contribution in [3.8, 4) is 11.3 Å². The zero-order chi connectivity index (χ0) is 13.8. The molecule has 0 saturated heterocycles. The second-order valence-corrected chi connectivity index (χ2v) is 3.99. The van der Waals surface area contributed by atoms with E-state index in [-0.39, 0.29) is 5.82 Å². The first kappa shape index (κ1) is 12.9. The van der Waals surface area contributed by atoms with Crippen LogP contribution < -0.4 is 5.32 Å². The van der Waals surface area contributed by atoms with Gasteiger partial charge in [0.05, 0.1) is 5.69 Å². The number of rotatable bonds is 4. The van der Waals surface area contributed by atoms with Crippen molar-refractivity contribution in [1.82, 2.24) is 10.2 Å². The van der Waals surface area contributed by atoms with Gasteiger partial charge in [0.2, 0.25) is 0 Å². The van der Waals surface area contributed by atoms with E-state index in [0.29, 0.717) is 17.1 Å². The van der Waals surface area contributed by atoms with Crippen LogP contribution in [0.2, 0.25) is 0 Å². The van der Waals surface area contributed by atoms with Crippen molar-refractivity contribution in [3.05, 3.63) is 42.2 Å². The van der Waals surface area contributed by atoms with Crippen LogP contribution in [0.3, 0.4) is 0 Å². The molecule has 0 aliphatic rings. The third-order valence-electron chi connectivity index (χ3n) is 2.55. The van der Waals surface area contributed by atoms with Gasteiger partial charge in [0.1, 0.15) is 17.7 Å². The van der Waals surface area contributed by atoms with Crippen molar-refractivity contribution >= 4 is 11.8 Å². The molecule has 0 amide bonds. The molecular weight excluding hydrogens is 249 g/mol. The molecule has 1 unspecified atom stereocenters. The van der Waals surface area contributed by atoms with Gasteiger partial charge in [-0.1, -0.05) is 12.1 Å². The van der Waals surface area contributed by atoms with E-state index in [9.17, 15) is 9.18 Å². The highest BCUT2D eigenvalue weighted by Crippen LogP contribution is 2.20. The zero-order valence-electron chi connectivity index (χ0n) is 10.2. The van der Waals surface area contributed by atoms with E-state index in [1.54, 1.807) is 30.3 Å². The van der Waals surface area contributed by atoms with E-state index < -0.39 is 12.0 Å². The predicted molar refractivity (Wildman–Crippen MR) is 68.1 cm³/mol. The summed E-state index contributed by atoms with van der Waals surface area (Å²) < 4.78 is 13.5. The van der Waals surface area contributed by atoms with Gasteiger partial charge in [0.15, 0.2) is 0 Å². The number of carbonyl (C=O) groups is 1. The van der Waals surface area contributed by atoms with E-state index in [1.807, 2.05) is 0 Å². The third-order valence-corrected chi connectivity index (χ3v) is 2.55. The summed E-state index contributed by atoms with van der Waals surface area (Å²) in [6, 6.07) is 8.63. The lowest BCUT2D eigenvalue weighted by molar-refractivity contribution is -0.137. The summed E-state index contributed by atoms with van der Waals surface area (Å²) in [7, 11) is 0. The van der Waals surface area contributed by atoms with Gasteiger partial charge in [-0.25, -0.2) is 4.39 Å². The van der Waals surface area contributed by atoms with Gasteiger partial charge in [-0.15, -0.1) is 10.2 Å². The summed E-state index contributed by atoms with van der Waals surface area (Å²) in [6.45, 7) is 1.49. The molecule has 2 N–H and O–H groups in total. The molecule has 98 valence electrons. The number of nitrogens with one attached hydrogen (secondary N) is 1. The predicted octanol–water partition coefficient (Wildman–Crippen LogP) is 2.17. The lowest BCUT2D eigenvalue weighted by atomic mass is 10.1. The van der Waals surface area contributed by atoms with Gasteiger partial charge in [0.25, 0.3) is 0 Å². The monoisotopic (exact) mass is 261 g/mol. The lowest BCUT2D eigenvalue weighted by Crippen LogP contribution is -2.25. The zero-order valence-corrected chi connectivity index (χ0v) is 10.2. The molecule has 2 aromatic rings. The highest BCUT2D eigenvalue weighted by atomic mass is 19.1. The summed E-state index contributed by atoms with van der Waals surface area (Å²) in [6.07, 6.45) is 0. The molecule has 2 rings (SSSR count). The molecule has 0 fully saturated rings. The van der Waals surface area contributed by atoms with Crippen LogP contribution in [-0.4, -0.2) is 27.3 Å². The molecule has 0 spiro atoms. The van der Waals surface area contributed by atoms with Crippen LogP contribution in [0.15, 0.2) is 36.4 Å². The molecule has 0 aliphatic carbocycles. The molecule has 1 atom stereocenters. The fraction of sp³-hybridized carbons (Fsp3) is 0.154. The Morgan fingerprint density at radius 3 is 2.58 bits per heavy atom. The number of carboxylic acid groups (broad SMARTS) is 1. The average molecular weight is 261 g/mol. The number of carboxylic acids is 1. The van der Waals surface area contributed by atoms with E-state index in [2.05, 4.69) is 15.5 Å². The number of hydrogen-bond donors (Lipinski definition) is 2. The molecule has 1 aromatic heterocycles. The van der Waals surface area contributed by atoms with Crippen molar-refractivity contribution in [1.29, 1.82) is 0 Å². The number of nitrogens with zero attached hydrogens (tertiary/aromatic N) is 2. The summed E-state index contributed by atoms with van der Waals surface area (Å²) in [5.74, 6) is -1.04. The van der Waals surface area contributed by atoms with Crippen molar-refractivity contribution < 1.29 is 14.3 Å². The Balaban J connectivity index is 2.19. The molecule has 0 radical (unpaired) electrons. The quantitative estimate of drug-likeness (QED) is 0.882. The minimum Gasteiger partial charge on any atom is -0.480 e. The van der Waals surface area contributed by atoms with Gasteiger partial charge in [-0.05, 0) is 31.2 Å². The van der Waals surface area contributed by atoms with E-state index >= 15 is 0 Å². The van der Waals surface area contributed by atoms with Crippen molar-refractivity contribution in [2.24, 2.45) is 0 Å². The number of aromatic nitrogens is 2. The maximum atomic E-state index is 13.5. The third kappa shape index (κ3) is 3.04. The molecule has 0 bridgehead atoms. The van der Waals surface area contributed by atoms with Crippen LogP contribution in [0.1, 0.15) is 6.92 Å². The van der Waals surface area contributed by atoms with E-state index in [0.717, 1.165) is 0 Å². The van der Waals surface area contributed by atoms with E-state index in [4.69, 9.17) is 5.11 Å². The molecule has 0 saturated carbocycles. The fourth-order valence-corrected chi connectivity index (χ4v) is 1.51. The molecular formula is C13H12FN3O2. The largest absolute Gasteiger partial charge is 0.480 e. The first-order valence-electron chi connectivity index (χ1n) is 5.66. The Morgan fingerprint density at radius 2 is 2.00 bits per heavy atom. The Bertz CT molecular complexity index is 587. The van der Waals surface area contributed by atoms with Crippen molar-refractivity contribution in [3.63, 3.8) is 0 Å². The molecule has 6 heteroatoms. The van der Waals surface area contributed by atoms with E-state index in [1.165, 1.54) is 13.0 Å². The fourth-order valence-electron chi connectivity index (χ4n) is 1.51. The molecule has 5 nitrogen and oxygen atoms in total. The maximum Gasteiger partial charge on any atom is 0.325 e. The van der Waals surface area contributed by atoms with Crippen LogP contribution >= 0.6 is 0 Å². The Labute approximate surface area is 109 Å². The first-order chi connectivity index (χ1) is 9.08. The second-order valence-electron chi connectivity index (χ2n) is 3.99. The number of hydrogen-bond acceptors (Lipinski definition) is 4. The normalized spacial score (nSPS) is 11.9. The lowest BCUT2D eigenvalue weighted by Gasteiger charge is -2.09. The SMILES string of the molecule is CC(Nc1ccc(-c2ccccc2F)nn1)C(=O)O. The average Bonchev–Trinajstić information content (AvgIpc) is 2.40. The summed E-state index contributed by atoms with van der Waals surface area (Å²) in [5.41, 5.74) is 0.750. The number of benzene rings is 1.